The lowest BCUT2D eigenvalue weighted by Crippen LogP contribution is -2.10. The summed E-state index contributed by atoms with van der Waals surface area (Å²) >= 11 is 3.19. The standard InChI is InChI=1S/C10H13BrFN/c1-7-5-8(3-4-13-2)6-9(11)10(7)12/h5-6,13H,3-4H2,1-2H3. The van der Waals surface area contributed by atoms with E-state index in [9.17, 15) is 4.39 Å². The predicted octanol–water partition coefficient (Wildman–Crippen LogP) is 2.66. The molecule has 1 rings (SSSR count). The second kappa shape index (κ2) is 4.72. The van der Waals surface area contributed by atoms with Gasteiger partial charge in [-0.3, -0.25) is 0 Å². The lowest BCUT2D eigenvalue weighted by Gasteiger charge is -2.05. The van der Waals surface area contributed by atoms with Crippen molar-refractivity contribution in [3.05, 3.63) is 33.5 Å². The maximum absolute atomic E-state index is 13.2. The van der Waals surface area contributed by atoms with E-state index in [-0.39, 0.29) is 5.82 Å². The highest BCUT2D eigenvalue weighted by Gasteiger charge is 2.04. The van der Waals surface area contributed by atoms with Crippen molar-refractivity contribution in [3.8, 4) is 0 Å². The first kappa shape index (κ1) is 10.7. The summed E-state index contributed by atoms with van der Waals surface area (Å²) < 4.78 is 13.7. The van der Waals surface area contributed by atoms with Crippen LogP contribution in [0.25, 0.3) is 0 Å². The van der Waals surface area contributed by atoms with Gasteiger partial charge in [0.05, 0.1) is 4.47 Å². The molecule has 72 valence electrons. The van der Waals surface area contributed by atoms with Gasteiger partial charge in [-0.05, 0) is 60.1 Å². The number of rotatable bonds is 3. The first-order valence-electron chi connectivity index (χ1n) is 4.24. The lowest BCUT2D eigenvalue weighted by molar-refractivity contribution is 0.610. The average Bonchev–Trinajstić information content (AvgIpc) is 2.10. The summed E-state index contributed by atoms with van der Waals surface area (Å²) in [5, 5.41) is 3.06. The molecule has 0 aliphatic heterocycles. The molecule has 0 radical (unpaired) electrons. The zero-order valence-electron chi connectivity index (χ0n) is 7.82. The molecule has 0 fully saturated rings. The number of aryl methyl sites for hydroxylation is 1. The van der Waals surface area contributed by atoms with E-state index in [0.29, 0.717) is 10.0 Å². The molecule has 0 unspecified atom stereocenters. The van der Waals surface area contributed by atoms with E-state index in [2.05, 4.69) is 21.2 Å². The minimum Gasteiger partial charge on any atom is -0.319 e. The molecule has 0 amide bonds. The molecule has 0 saturated carbocycles. The van der Waals surface area contributed by atoms with Crippen molar-refractivity contribution in [2.24, 2.45) is 0 Å². The van der Waals surface area contributed by atoms with Gasteiger partial charge in [0.15, 0.2) is 0 Å². The maximum Gasteiger partial charge on any atom is 0.140 e. The van der Waals surface area contributed by atoms with Gasteiger partial charge >= 0.3 is 0 Å². The second-order valence-electron chi connectivity index (χ2n) is 3.06. The highest BCUT2D eigenvalue weighted by Crippen LogP contribution is 2.20. The Morgan fingerprint density at radius 2 is 2.15 bits per heavy atom. The molecule has 1 aromatic carbocycles. The Morgan fingerprint density at radius 3 is 2.69 bits per heavy atom. The van der Waals surface area contributed by atoms with Crippen LogP contribution in [0.4, 0.5) is 4.39 Å². The van der Waals surface area contributed by atoms with E-state index in [0.717, 1.165) is 18.5 Å². The van der Waals surface area contributed by atoms with Gasteiger partial charge in [-0.25, -0.2) is 4.39 Å². The van der Waals surface area contributed by atoms with Crippen LogP contribution in [0.1, 0.15) is 11.1 Å². The van der Waals surface area contributed by atoms with Crippen molar-refractivity contribution in [1.82, 2.24) is 5.32 Å². The molecule has 0 aromatic heterocycles. The average molecular weight is 246 g/mol. The molecule has 0 aliphatic carbocycles. The van der Waals surface area contributed by atoms with Crippen molar-refractivity contribution in [1.29, 1.82) is 0 Å². The fourth-order valence-electron chi connectivity index (χ4n) is 1.21. The number of likely N-dealkylation sites (N-methyl/N-ethyl adjacent to an activating group) is 1. The summed E-state index contributed by atoms with van der Waals surface area (Å²) in [5.41, 5.74) is 1.85. The number of nitrogens with one attached hydrogen (secondary N) is 1. The van der Waals surface area contributed by atoms with Crippen molar-refractivity contribution < 1.29 is 4.39 Å². The van der Waals surface area contributed by atoms with Gasteiger partial charge in [0.1, 0.15) is 5.82 Å². The van der Waals surface area contributed by atoms with Crippen LogP contribution in [-0.2, 0) is 6.42 Å². The molecular formula is C10H13BrFN. The second-order valence-corrected chi connectivity index (χ2v) is 3.92. The molecule has 1 nitrogen and oxygen atoms in total. The minimum absolute atomic E-state index is 0.159. The summed E-state index contributed by atoms with van der Waals surface area (Å²) in [6, 6.07) is 3.72. The van der Waals surface area contributed by atoms with Gasteiger partial charge in [0, 0.05) is 0 Å². The maximum atomic E-state index is 13.2. The van der Waals surface area contributed by atoms with Crippen LogP contribution in [0.15, 0.2) is 16.6 Å². The lowest BCUT2D eigenvalue weighted by atomic mass is 10.1. The Bertz CT molecular complexity index is 276. The third-order valence-electron chi connectivity index (χ3n) is 1.93. The quantitative estimate of drug-likeness (QED) is 0.864. The van der Waals surface area contributed by atoms with Gasteiger partial charge in [-0.2, -0.15) is 0 Å². The topological polar surface area (TPSA) is 12.0 Å². The third kappa shape index (κ3) is 2.78. The predicted molar refractivity (Wildman–Crippen MR) is 56.5 cm³/mol. The Hall–Kier alpha value is -0.410. The highest BCUT2D eigenvalue weighted by atomic mass is 79.9. The summed E-state index contributed by atoms with van der Waals surface area (Å²) in [6.45, 7) is 2.69. The van der Waals surface area contributed by atoms with Crippen LogP contribution in [0.3, 0.4) is 0 Å². The molecule has 0 bridgehead atoms. The Kier molecular flexibility index (Phi) is 3.88. The van der Waals surface area contributed by atoms with Crippen LogP contribution in [0.2, 0.25) is 0 Å². The van der Waals surface area contributed by atoms with Crippen molar-refractivity contribution in [2.75, 3.05) is 13.6 Å². The number of halogens is 2. The first-order chi connectivity index (χ1) is 6.15. The Labute approximate surface area is 86.5 Å². The molecule has 1 aromatic rings. The van der Waals surface area contributed by atoms with Crippen LogP contribution >= 0.6 is 15.9 Å². The molecule has 0 aliphatic rings. The SMILES string of the molecule is CNCCc1cc(C)c(F)c(Br)c1. The number of hydrogen-bond acceptors (Lipinski definition) is 1. The van der Waals surface area contributed by atoms with Gasteiger partial charge in [0.25, 0.3) is 0 Å². The van der Waals surface area contributed by atoms with E-state index < -0.39 is 0 Å². The summed E-state index contributed by atoms with van der Waals surface area (Å²) in [5.74, 6) is -0.159. The third-order valence-corrected chi connectivity index (χ3v) is 2.51. The highest BCUT2D eigenvalue weighted by molar-refractivity contribution is 9.10. The largest absolute Gasteiger partial charge is 0.319 e. The van der Waals surface area contributed by atoms with Crippen molar-refractivity contribution in [2.45, 2.75) is 13.3 Å². The van der Waals surface area contributed by atoms with E-state index in [1.54, 1.807) is 6.92 Å². The smallest absolute Gasteiger partial charge is 0.140 e. The summed E-state index contributed by atoms with van der Waals surface area (Å²) in [7, 11) is 1.91. The van der Waals surface area contributed by atoms with Gasteiger partial charge in [0.2, 0.25) is 0 Å². The van der Waals surface area contributed by atoms with Crippen molar-refractivity contribution in [3.63, 3.8) is 0 Å². The van der Waals surface area contributed by atoms with Gasteiger partial charge in [-0.15, -0.1) is 0 Å². The van der Waals surface area contributed by atoms with Gasteiger partial charge < -0.3 is 5.32 Å². The summed E-state index contributed by atoms with van der Waals surface area (Å²) in [4.78, 5) is 0. The van der Waals surface area contributed by atoms with Crippen LogP contribution in [0, 0.1) is 12.7 Å². The zero-order valence-corrected chi connectivity index (χ0v) is 9.41. The monoisotopic (exact) mass is 245 g/mol. The van der Waals surface area contributed by atoms with Crippen molar-refractivity contribution >= 4 is 15.9 Å². The Balaban J connectivity index is 2.86. The molecule has 13 heavy (non-hydrogen) atoms. The molecule has 0 heterocycles. The number of benzene rings is 1. The fraction of sp³-hybridized carbons (Fsp3) is 0.400. The van der Waals surface area contributed by atoms with Crippen LogP contribution < -0.4 is 5.32 Å². The van der Waals surface area contributed by atoms with E-state index >= 15 is 0 Å². The molecular weight excluding hydrogens is 233 g/mol. The first-order valence-corrected chi connectivity index (χ1v) is 5.03. The van der Waals surface area contributed by atoms with Crippen LogP contribution in [0.5, 0.6) is 0 Å². The normalized spacial score (nSPS) is 10.5. The molecule has 0 saturated heterocycles. The molecule has 0 spiro atoms. The molecule has 0 atom stereocenters. The molecule has 3 heteroatoms. The van der Waals surface area contributed by atoms with Gasteiger partial charge in [-0.1, -0.05) is 6.07 Å². The van der Waals surface area contributed by atoms with E-state index in [1.165, 1.54) is 0 Å². The number of hydrogen-bond donors (Lipinski definition) is 1. The summed E-state index contributed by atoms with van der Waals surface area (Å²) in [6.07, 6.45) is 0.927. The van der Waals surface area contributed by atoms with Crippen LogP contribution in [-0.4, -0.2) is 13.6 Å². The Morgan fingerprint density at radius 1 is 1.46 bits per heavy atom. The minimum atomic E-state index is -0.159. The molecule has 1 N–H and O–H groups in total. The van der Waals surface area contributed by atoms with E-state index in [4.69, 9.17) is 0 Å². The zero-order chi connectivity index (χ0) is 9.84. The van der Waals surface area contributed by atoms with E-state index in [1.807, 2.05) is 19.2 Å². The fourth-order valence-corrected chi connectivity index (χ4v) is 1.82.